The third-order valence-corrected chi connectivity index (χ3v) is 4.08. The molecule has 1 amide bonds. The molecule has 0 bridgehead atoms. The van der Waals surface area contributed by atoms with Gasteiger partial charge in [0.05, 0.1) is 0 Å². The number of carbonyl (C=O) groups excluding carboxylic acids is 1. The summed E-state index contributed by atoms with van der Waals surface area (Å²) in [6, 6.07) is 0. The van der Waals surface area contributed by atoms with Gasteiger partial charge in [0, 0.05) is 12.5 Å². The van der Waals surface area contributed by atoms with E-state index in [1.165, 1.54) is 0 Å². The van der Waals surface area contributed by atoms with Gasteiger partial charge in [0.15, 0.2) is 0 Å². The lowest BCUT2D eigenvalue weighted by atomic mass is 9.89. The number of amides is 1. The predicted molar refractivity (Wildman–Crippen MR) is 73.7 cm³/mol. The Balaban J connectivity index is 2.84. The van der Waals surface area contributed by atoms with Crippen LogP contribution in [0, 0.1) is 5.92 Å². The Kier molecular flexibility index (Phi) is 5.79. The van der Waals surface area contributed by atoms with E-state index in [4.69, 9.17) is 5.73 Å². The van der Waals surface area contributed by atoms with Crippen LogP contribution < -0.4 is 5.73 Å². The molecule has 2 atom stereocenters. The number of nitrogens with zero attached hydrogens (tertiary/aromatic N) is 1. The van der Waals surface area contributed by atoms with Crippen molar-refractivity contribution in [1.82, 2.24) is 4.90 Å². The highest BCUT2D eigenvalue weighted by Gasteiger charge is 2.49. The Morgan fingerprint density at radius 1 is 1.47 bits per heavy atom. The third kappa shape index (κ3) is 3.26. The number of carboxylic acid groups (broad SMARTS) is 1. The fourth-order valence-electron chi connectivity index (χ4n) is 3.02. The Labute approximate surface area is 115 Å². The Morgan fingerprint density at radius 2 is 2.16 bits per heavy atom. The summed E-state index contributed by atoms with van der Waals surface area (Å²) in [5.41, 5.74) is 4.49. The molecular formula is C14H26N2O3. The van der Waals surface area contributed by atoms with Gasteiger partial charge in [0.2, 0.25) is 5.91 Å². The lowest BCUT2D eigenvalue weighted by molar-refractivity contribution is -0.158. The summed E-state index contributed by atoms with van der Waals surface area (Å²) in [5.74, 6) is -1.02. The standard InChI is InChI=1S/C14H26N2O3/c1-3-7-14(13(18)19)8-5-10-16(14)12(17)11(2)6-4-9-15/h11H,3-10,15H2,1-2H3,(H,18,19). The van der Waals surface area contributed by atoms with Gasteiger partial charge < -0.3 is 15.7 Å². The van der Waals surface area contributed by atoms with Crippen LogP contribution in [0.3, 0.4) is 0 Å². The number of likely N-dealkylation sites (tertiary alicyclic amines) is 1. The zero-order chi connectivity index (χ0) is 14.5. The topological polar surface area (TPSA) is 83.6 Å². The minimum absolute atomic E-state index is 0.0261. The smallest absolute Gasteiger partial charge is 0.329 e. The van der Waals surface area contributed by atoms with Crippen molar-refractivity contribution in [3.63, 3.8) is 0 Å². The summed E-state index contributed by atoms with van der Waals surface area (Å²) < 4.78 is 0. The maximum atomic E-state index is 12.5. The highest BCUT2D eigenvalue weighted by atomic mass is 16.4. The molecule has 1 fully saturated rings. The number of rotatable bonds is 7. The molecule has 0 aromatic rings. The monoisotopic (exact) mass is 270 g/mol. The van der Waals surface area contributed by atoms with E-state index >= 15 is 0 Å². The molecule has 110 valence electrons. The molecule has 1 heterocycles. The van der Waals surface area contributed by atoms with Gasteiger partial charge in [0.1, 0.15) is 5.54 Å². The number of hydrogen-bond donors (Lipinski definition) is 2. The lowest BCUT2D eigenvalue weighted by Crippen LogP contribution is -2.54. The maximum absolute atomic E-state index is 12.5. The van der Waals surface area contributed by atoms with Crippen LogP contribution in [0.5, 0.6) is 0 Å². The first kappa shape index (κ1) is 16.0. The number of carbonyl (C=O) groups is 2. The molecule has 5 nitrogen and oxygen atoms in total. The van der Waals surface area contributed by atoms with E-state index in [9.17, 15) is 14.7 Å². The molecule has 0 radical (unpaired) electrons. The first-order valence-corrected chi connectivity index (χ1v) is 7.24. The number of nitrogens with two attached hydrogens (primary N) is 1. The van der Waals surface area contributed by atoms with Crippen LogP contribution in [0.1, 0.15) is 52.4 Å². The normalized spacial score (nSPS) is 24.5. The van der Waals surface area contributed by atoms with Crippen molar-refractivity contribution >= 4 is 11.9 Å². The quantitative estimate of drug-likeness (QED) is 0.736. The van der Waals surface area contributed by atoms with Gasteiger partial charge >= 0.3 is 5.97 Å². The zero-order valence-corrected chi connectivity index (χ0v) is 12.0. The predicted octanol–water partition coefficient (Wildman–Crippen LogP) is 1.61. The summed E-state index contributed by atoms with van der Waals surface area (Å²) in [6.45, 7) is 4.97. The van der Waals surface area contributed by atoms with Crippen molar-refractivity contribution in [3.05, 3.63) is 0 Å². The molecule has 3 N–H and O–H groups in total. The van der Waals surface area contributed by atoms with Gasteiger partial charge in [-0.3, -0.25) is 4.79 Å². The molecule has 0 saturated carbocycles. The van der Waals surface area contributed by atoms with E-state index in [2.05, 4.69) is 0 Å². The highest BCUT2D eigenvalue weighted by molar-refractivity contribution is 5.88. The maximum Gasteiger partial charge on any atom is 0.329 e. The first-order chi connectivity index (χ1) is 8.99. The van der Waals surface area contributed by atoms with Crippen LogP contribution in [0.4, 0.5) is 0 Å². The number of aliphatic carboxylic acids is 1. The summed E-state index contributed by atoms with van der Waals surface area (Å²) in [7, 11) is 0. The summed E-state index contributed by atoms with van der Waals surface area (Å²) in [4.78, 5) is 25.7. The minimum atomic E-state index is -0.969. The van der Waals surface area contributed by atoms with Gasteiger partial charge in [-0.05, 0) is 38.6 Å². The molecule has 0 aliphatic carbocycles. The van der Waals surface area contributed by atoms with Crippen molar-refractivity contribution in [3.8, 4) is 0 Å². The molecule has 0 aromatic heterocycles. The van der Waals surface area contributed by atoms with Crippen LogP contribution in [0.25, 0.3) is 0 Å². The molecule has 0 aromatic carbocycles. The molecule has 19 heavy (non-hydrogen) atoms. The second-order valence-corrected chi connectivity index (χ2v) is 5.51. The van der Waals surface area contributed by atoms with Crippen molar-refractivity contribution in [2.24, 2.45) is 11.7 Å². The fraction of sp³-hybridized carbons (Fsp3) is 0.857. The molecule has 1 aliphatic rings. The molecule has 2 unspecified atom stereocenters. The second kappa shape index (κ2) is 6.89. The molecule has 1 rings (SSSR count). The van der Waals surface area contributed by atoms with Gasteiger partial charge in [-0.25, -0.2) is 4.79 Å². The molecule has 1 saturated heterocycles. The fourth-order valence-corrected chi connectivity index (χ4v) is 3.02. The largest absolute Gasteiger partial charge is 0.479 e. The van der Waals surface area contributed by atoms with Crippen LogP contribution in [0.15, 0.2) is 0 Å². The summed E-state index contributed by atoms with van der Waals surface area (Å²) >= 11 is 0. The SMILES string of the molecule is CCCC1(C(=O)O)CCCN1C(=O)C(C)CCCN. The van der Waals surface area contributed by atoms with Crippen molar-refractivity contribution < 1.29 is 14.7 Å². The average molecular weight is 270 g/mol. The van der Waals surface area contributed by atoms with Gasteiger partial charge in [-0.15, -0.1) is 0 Å². The number of hydrogen-bond acceptors (Lipinski definition) is 3. The summed E-state index contributed by atoms with van der Waals surface area (Å²) in [6.07, 6.45) is 4.19. The van der Waals surface area contributed by atoms with Crippen LogP contribution >= 0.6 is 0 Å². The minimum Gasteiger partial charge on any atom is -0.479 e. The lowest BCUT2D eigenvalue weighted by Gasteiger charge is -2.36. The zero-order valence-electron chi connectivity index (χ0n) is 12.0. The highest BCUT2D eigenvalue weighted by Crippen LogP contribution is 2.35. The Bertz CT molecular complexity index is 333. The van der Waals surface area contributed by atoms with E-state index in [1.54, 1.807) is 4.90 Å². The second-order valence-electron chi connectivity index (χ2n) is 5.51. The average Bonchev–Trinajstić information content (AvgIpc) is 2.80. The molecule has 0 spiro atoms. The Morgan fingerprint density at radius 3 is 2.68 bits per heavy atom. The van der Waals surface area contributed by atoms with Gasteiger partial charge in [-0.1, -0.05) is 20.3 Å². The summed E-state index contributed by atoms with van der Waals surface area (Å²) in [5, 5.41) is 9.56. The van der Waals surface area contributed by atoms with Crippen LogP contribution in [0.2, 0.25) is 0 Å². The van der Waals surface area contributed by atoms with Crippen molar-refractivity contribution in [2.75, 3.05) is 13.1 Å². The Hall–Kier alpha value is -1.10. The van der Waals surface area contributed by atoms with Crippen LogP contribution in [-0.2, 0) is 9.59 Å². The van der Waals surface area contributed by atoms with E-state index in [0.29, 0.717) is 25.9 Å². The van der Waals surface area contributed by atoms with E-state index in [0.717, 1.165) is 25.7 Å². The molecule has 5 heteroatoms. The molecule has 1 aliphatic heterocycles. The number of carboxylic acids is 1. The van der Waals surface area contributed by atoms with Crippen molar-refractivity contribution in [2.45, 2.75) is 57.9 Å². The van der Waals surface area contributed by atoms with E-state index < -0.39 is 11.5 Å². The molecular weight excluding hydrogens is 244 g/mol. The van der Waals surface area contributed by atoms with E-state index in [-0.39, 0.29) is 11.8 Å². The van der Waals surface area contributed by atoms with Crippen LogP contribution in [-0.4, -0.2) is 40.5 Å². The van der Waals surface area contributed by atoms with Gasteiger partial charge in [-0.2, -0.15) is 0 Å². The van der Waals surface area contributed by atoms with E-state index in [1.807, 2.05) is 13.8 Å². The van der Waals surface area contributed by atoms with Gasteiger partial charge in [0.25, 0.3) is 0 Å². The first-order valence-electron chi connectivity index (χ1n) is 7.24. The third-order valence-electron chi connectivity index (χ3n) is 4.08. The van der Waals surface area contributed by atoms with Crippen molar-refractivity contribution in [1.29, 1.82) is 0 Å².